The predicted octanol–water partition coefficient (Wildman–Crippen LogP) is 1.01. The smallest absolute Gasteiger partial charge is 0.247 e. The number of rotatable bonds is 1. The number of fused-ring (bicyclic) bond motifs is 1. The zero-order valence-corrected chi connectivity index (χ0v) is 8.81. The highest BCUT2D eigenvalue weighted by molar-refractivity contribution is 5.90. The average Bonchev–Trinajstić information content (AvgIpc) is 2.69. The summed E-state index contributed by atoms with van der Waals surface area (Å²) in [4.78, 5) is 23.1. The maximum atomic E-state index is 11.6. The van der Waals surface area contributed by atoms with E-state index in [1.807, 2.05) is 36.4 Å². The second kappa shape index (κ2) is 3.48. The summed E-state index contributed by atoms with van der Waals surface area (Å²) in [5.41, 5.74) is -0.353. The van der Waals surface area contributed by atoms with Crippen LogP contribution in [-0.4, -0.2) is 14.8 Å². The maximum Gasteiger partial charge on any atom is 0.349 e. The molecule has 0 amide bonds. The topological polar surface area (TPSA) is 70.7 Å². The summed E-state index contributed by atoms with van der Waals surface area (Å²) in [6.45, 7) is 0. The Kier molecular flexibility index (Phi) is 1.98. The highest BCUT2D eigenvalue weighted by Crippen LogP contribution is 2.19. The van der Waals surface area contributed by atoms with Crippen LogP contribution < -0.4 is 11.4 Å². The summed E-state index contributed by atoms with van der Waals surface area (Å²) in [6, 6.07) is 13.1. The fraction of sp³-hybridized carbons (Fsp3) is 0. The van der Waals surface area contributed by atoms with Crippen molar-refractivity contribution in [2.24, 2.45) is 0 Å². The van der Waals surface area contributed by atoms with Gasteiger partial charge in [0.1, 0.15) is 0 Å². The number of benzene rings is 2. The third-order valence-corrected chi connectivity index (χ3v) is 2.69. The maximum absolute atomic E-state index is 11.6. The van der Waals surface area contributed by atoms with E-state index in [4.69, 9.17) is 0 Å². The molecular formula is C12H9N3O2. The molecule has 0 radical (unpaired) electrons. The number of aromatic nitrogens is 3. The van der Waals surface area contributed by atoms with E-state index in [2.05, 4.69) is 10.2 Å². The number of nitrogens with zero attached hydrogens (tertiary/aromatic N) is 1. The minimum atomic E-state index is -0.466. The van der Waals surface area contributed by atoms with Crippen LogP contribution in [0.4, 0.5) is 0 Å². The van der Waals surface area contributed by atoms with Gasteiger partial charge in [-0.1, -0.05) is 36.4 Å². The van der Waals surface area contributed by atoms with Crippen LogP contribution in [0.25, 0.3) is 16.5 Å². The molecule has 0 fully saturated rings. The van der Waals surface area contributed by atoms with E-state index < -0.39 is 11.4 Å². The lowest BCUT2D eigenvalue weighted by molar-refractivity contribution is 0.961. The van der Waals surface area contributed by atoms with Crippen LogP contribution in [0.2, 0.25) is 0 Å². The van der Waals surface area contributed by atoms with Crippen molar-refractivity contribution in [2.75, 3.05) is 0 Å². The van der Waals surface area contributed by atoms with E-state index in [0.29, 0.717) is 5.69 Å². The van der Waals surface area contributed by atoms with E-state index in [1.54, 1.807) is 6.07 Å². The first kappa shape index (κ1) is 9.65. The molecule has 5 heteroatoms. The van der Waals surface area contributed by atoms with Gasteiger partial charge in [0.15, 0.2) is 0 Å². The molecule has 2 aromatic carbocycles. The standard InChI is InChI=1S/C12H9N3O2/c16-11-13-14-12(17)15(11)10-7-3-5-8-4-1-2-6-9(8)10/h1-7H,(H,13,16)(H,14,17). The van der Waals surface area contributed by atoms with Crippen molar-refractivity contribution >= 4 is 10.8 Å². The Morgan fingerprint density at radius 2 is 1.47 bits per heavy atom. The highest BCUT2D eigenvalue weighted by Gasteiger charge is 2.08. The van der Waals surface area contributed by atoms with Crippen molar-refractivity contribution in [3.8, 4) is 5.69 Å². The van der Waals surface area contributed by atoms with Gasteiger partial charge >= 0.3 is 11.4 Å². The van der Waals surface area contributed by atoms with Gasteiger partial charge in [-0.3, -0.25) is 0 Å². The number of nitrogens with one attached hydrogen (secondary N) is 2. The van der Waals surface area contributed by atoms with Crippen molar-refractivity contribution in [1.29, 1.82) is 0 Å². The normalized spacial score (nSPS) is 10.8. The third-order valence-electron chi connectivity index (χ3n) is 2.69. The van der Waals surface area contributed by atoms with Gasteiger partial charge in [-0.25, -0.2) is 24.4 Å². The molecule has 84 valence electrons. The largest absolute Gasteiger partial charge is 0.349 e. The molecule has 5 nitrogen and oxygen atoms in total. The van der Waals surface area contributed by atoms with E-state index in [9.17, 15) is 9.59 Å². The molecule has 0 aliphatic rings. The first-order valence-electron chi connectivity index (χ1n) is 5.15. The Morgan fingerprint density at radius 3 is 2.24 bits per heavy atom. The first-order valence-corrected chi connectivity index (χ1v) is 5.15. The molecule has 0 saturated heterocycles. The van der Waals surface area contributed by atoms with Gasteiger partial charge in [-0.2, -0.15) is 0 Å². The first-order chi connectivity index (χ1) is 8.27. The minimum Gasteiger partial charge on any atom is -0.247 e. The summed E-state index contributed by atoms with van der Waals surface area (Å²) >= 11 is 0. The highest BCUT2D eigenvalue weighted by atomic mass is 16.2. The van der Waals surface area contributed by atoms with Crippen molar-refractivity contribution in [3.63, 3.8) is 0 Å². The molecular weight excluding hydrogens is 218 g/mol. The summed E-state index contributed by atoms with van der Waals surface area (Å²) in [5, 5.41) is 6.39. The van der Waals surface area contributed by atoms with Crippen molar-refractivity contribution in [3.05, 3.63) is 63.4 Å². The molecule has 3 aromatic rings. The quantitative estimate of drug-likeness (QED) is 0.651. The number of H-pyrrole nitrogens is 2. The fourth-order valence-electron chi connectivity index (χ4n) is 1.93. The SMILES string of the molecule is O=c1[nH][nH]c(=O)n1-c1cccc2ccccc12. The molecule has 0 aliphatic carbocycles. The molecule has 17 heavy (non-hydrogen) atoms. The molecule has 0 bridgehead atoms. The van der Waals surface area contributed by atoms with E-state index in [1.165, 1.54) is 0 Å². The van der Waals surface area contributed by atoms with Gasteiger partial charge in [-0.05, 0) is 11.5 Å². The van der Waals surface area contributed by atoms with Gasteiger partial charge in [-0.15, -0.1) is 0 Å². The molecule has 0 aliphatic heterocycles. The van der Waals surface area contributed by atoms with Gasteiger partial charge in [0.05, 0.1) is 5.69 Å². The third kappa shape index (κ3) is 1.40. The van der Waals surface area contributed by atoms with Crippen LogP contribution in [0.5, 0.6) is 0 Å². The average molecular weight is 227 g/mol. The molecule has 3 rings (SSSR count). The summed E-state index contributed by atoms with van der Waals surface area (Å²) in [6.07, 6.45) is 0. The lowest BCUT2D eigenvalue weighted by atomic mass is 10.1. The van der Waals surface area contributed by atoms with Crippen LogP contribution in [-0.2, 0) is 0 Å². The molecule has 1 heterocycles. The van der Waals surface area contributed by atoms with Crippen LogP contribution in [0.15, 0.2) is 52.1 Å². The molecule has 0 unspecified atom stereocenters. The second-order valence-corrected chi connectivity index (χ2v) is 3.69. The van der Waals surface area contributed by atoms with Crippen LogP contribution in [0, 0.1) is 0 Å². The fourth-order valence-corrected chi connectivity index (χ4v) is 1.93. The van der Waals surface area contributed by atoms with Crippen LogP contribution >= 0.6 is 0 Å². The number of hydrogen-bond acceptors (Lipinski definition) is 2. The Bertz CT molecular complexity index is 762. The minimum absolute atomic E-state index is 0.466. The van der Waals surface area contributed by atoms with E-state index in [-0.39, 0.29) is 0 Å². The lowest BCUT2D eigenvalue weighted by Gasteiger charge is -2.04. The number of hydrogen-bond donors (Lipinski definition) is 2. The summed E-state index contributed by atoms with van der Waals surface area (Å²) < 4.78 is 1.09. The van der Waals surface area contributed by atoms with Crippen molar-refractivity contribution in [1.82, 2.24) is 14.8 Å². The van der Waals surface area contributed by atoms with Gasteiger partial charge in [0.25, 0.3) is 0 Å². The van der Waals surface area contributed by atoms with E-state index >= 15 is 0 Å². The zero-order chi connectivity index (χ0) is 11.8. The van der Waals surface area contributed by atoms with Crippen LogP contribution in [0.1, 0.15) is 0 Å². The van der Waals surface area contributed by atoms with Crippen molar-refractivity contribution < 1.29 is 0 Å². The van der Waals surface area contributed by atoms with Crippen molar-refractivity contribution in [2.45, 2.75) is 0 Å². The summed E-state index contributed by atoms with van der Waals surface area (Å²) in [5.74, 6) is 0. The predicted molar refractivity (Wildman–Crippen MR) is 64.5 cm³/mol. The Balaban J connectivity index is 2.47. The Morgan fingerprint density at radius 1 is 0.824 bits per heavy atom. The lowest BCUT2D eigenvalue weighted by Crippen LogP contribution is -2.24. The molecule has 0 saturated carbocycles. The molecule has 0 spiro atoms. The molecule has 1 aromatic heterocycles. The molecule has 0 atom stereocenters. The zero-order valence-electron chi connectivity index (χ0n) is 8.81. The molecule has 2 N–H and O–H groups in total. The van der Waals surface area contributed by atoms with Crippen LogP contribution in [0.3, 0.4) is 0 Å². The number of aromatic amines is 2. The Hall–Kier alpha value is -2.56. The van der Waals surface area contributed by atoms with Gasteiger partial charge in [0.2, 0.25) is 0 Å². The van der Waals surface area contributed by atoms with Gasteiger partial charge in [0, 0.05) is 5.39 Å². The van der Waals surface area contributed by atoms with Gasteiger partial charge < -0.3 is 0 Å². The summed E-state index contributed by atoms with van der Waals surface area (Å²) in [7, 11) is 0. The second-order valence-electron chi connectivity index (χ2n) is 3.69. The van der Waals surface area contributed by atoms with E-state index in [0.717, 1.165) is 15.3 Å². The Labute approximate surface area is 95.3 Å². The monoisotopic (exact) mass is 227 g/mol.